The number of carbonyl (C=O) groups is 1. The van der Waals surface area contributed by atoms with Gasteiger partial charge in [0.25, 0.3) is 0 Å². The van der Waals surface area contributed by atoms with Crippen molar-refractivity contribution in [1.82, 2.24) is 5.32 Å². The van der Waals surface area contributed by atoms with E-state index in [1.54, 1.807) is 0 Å². The average Bonchev–Trinajstić information content (AvgIpc) is 2.17. The van der Waals surface area contributed by atoms with E-state index in [1.165, 1.54) is 7.05 Å². The molecular formula is C9H8F2N2O3. The van der Waals surface area contributed by atoms with Gasteiger partial charge in [-0.3, -0.25) is 14.9 Å². The van der Waals surface area contributed by atoms with E-state index in [0.717, 1.165) is 0 Å². The summed E-state index contributed by atoms with van der Waals surface area (Å²) in [6.45, 7) is -0.297. The van der Waals surface area contributed by atoms with Gasteiger partial charge in [0.15, 0.2) is 5.78 Å². The fourth-order valence-electron chi connectivity index (χ4n) is 1.19. The molecule has 86 valence electrons. The van der Waals surface area contributed by atoms with Gasteiger partial charge in [0, 0.05) is 6.07 Å². The number of benzene rings is 1. The van der Waals surface area contributed by atoms with E-state index in [1.807, 2.05) is 0 Å². The van der Waals surface area contributed by atoms with Gasteiger partial charge in [0.2, 0.25) is 5.82 Å². The van der Waals surface area contributed by atoms with Crippen LogP contribution in [0.2, 0.25) is 0 Å². The fraction of sp³-hybridized carbons (Fsp3) is 0.222. The molecule has 0 aliphatic carbocycles. The minimum Gasteiger partial charge on any atom is -0.313 e. The van der Waals surface area contributed by atoms with Crippen LogP contribution in [0.4, 0.5) is 14.5 Å². The molecule has 16 heavy (non-hydrogen) atoms. The first-order valence-corrected chi connectivity index (χ1v) is 4.29. The van der Waals surface area contributed by atoms with Gasteiger partial charge in [-0.1, -0.05) is 0 Å². The van der Waals surface area contributed by atoms with E-state index in [-0.39, 0.29) is 6.54 Å². The predicted molar refractivity (Wildman–Crippen MR) is 51.3 cm³/mol. The van der Waals surface area contributed by atoms with Crippen LogP contribution in [0, 0.1) is 21.7 Å². The highest BCUT2D eigenvalue weighted by atomic mass is 19.1. The van der Waals surface area contributed by atoms with Gasteiger partial charge in [-0.05, 0) is 13.1 Å². The highest BCUT2D eigenvalue weighted by Gasteiger charge is 2.25. The third-order valence-corrected chi connectivity index (χ3v) is 1.88. The standard InChI is InChI=1S/C9H8F2N2O3/c1-12-4-7(14)8-5(10)2-3-6(9(8)11)13(15)16/h2-3,12H,4H2,1H3. The zero-order chi connectivity index (χ0) is 12.3. The van der Waals surface area contributed by atoms with E-state index in [0.29, 0.717) is 12.1 Å². The van der Waals surface area contributed by atoms with E-state index in [4.69, 9.17) is 0 Å². The van der Waals surface area contributed by atoms with E-state index in [2.05, 4.69) is 5.32 Å². The first kappa shape index (κ1) is 12.2. The molecule has 1 aromatic rings. The van der Waals surface area contributed by atoms with Crippen molar-refractivity contribution in [2.75, 3.05) is 13.6 Å². The normalized spacial score (nSPS) is 10.2. The summed E-state index contributed by atoms with van der Waals surface area (Å²) in [5, 5.41) is 12.8. The number of nitro groups is 1. The number of hydrogen-bond donors (Lipinski definition) is 1. The second kappa shape index (κ2) is 4.75. The molecule has 0 atom stereocenters. The maximum Gasteiger partial charge on any atom is 0.305 e. The SMILES string of the molecule is CNCC(=O)c1c(F)ccc([N+](=O)[O-])c1F. The van der Waals surface area contributed by atoms with Crippen molar-refractivity contribution in [1.29, 1.82) is 0 Å². The molecule has 0 heterocycles. The molecule has 0 fully saturated rings. The number of likely N-dealkylation sites (N-methyl/N-ethyl adjacent to an activating group) is 1. The monoisotopic (exact) mass is 230 g/mol. The Morgan fingerprint density at radius 3 is 2.62 bits per heavy atom. The topological polar surface area (TPSA) is 72.2 Å². The fourth-order valence-corrected chi connectivity index (χ4v) is 1.19. The van der Waals surface area contributed by atoms with Gasteiger partial charge >= 0.3 is 5.69 Å². The summed E-state index contributed by atoms with van der Waals surface area (Å²) in [5.74, 6) is -3.42. The number of Topliss-reactive ketones (excluding diaryl/α,β-unsaturated/α-hetero) is 1. The number of hydrogen-bond acceptors (Lipinski definition) is 4. The zero-order valence-corrected chi connectivity index (χ0v) is 8.29. The minimum absolute atomic E-state index is 0.297. The lowest BCUT2D eigenvalue weighted by atomic mass is 10.1. The summed E-state index contributed by atoms with van der Waals surface area (Å²) in [4.78, 5) is 20.7. The van der Waals surface area contributed by atoms with Crippen LogP contribution in [0.25, 0.3) is 0 Å². The second-order valence-corrected chi connectivity index (χ2v) is 2.97. The summed E-state index contributed by atoms with van der Waals surface area (Å²) < 4.78 is 26.6. The van der Waals surface area contributed by atoms with Crippen molar-refractivity contribution in [2.45, 2.75) is 0 Å². The van der Waals surface area contributed by atoms with Crippen molar-refractivity contribution >= 4 is 11.5 Å². The van der Waals surface area contributed by atoms with Crippen LogP contribution >= 0.6 is 0 Å². The van der Waals surface area contributed by atoms with Crippen molar-refractivity contribution in [3.05, 3.63) is 39.4 Å². The summed E-state index contributed by atoms with van der Waals surface area (Å²) in [6.07, 6.45) is 0. The van der Waals surface area contributed by atoms with Crippen molar-refractivity contribution in [3.63, 3.8) is 0 Å². The molecule has 1 N–H and O–H groups in total. The van der Waals surface area contributed by atoms with Crippen molar-refractivity contribution < 1.29 is 18.5 Å². The van der Waals surface area contributed by atoms with E-state index in [9.17, 15) is 23.7 Å². The molecule has 0 bridgehead atoms. The Morgan fingerprint density at radius 1 is 1.50 bits per heavy atom. The van der Waals surface area contributed by atoms with Crippen LogP contribution < -0.4 is 5.32 Å². The number of nitrogens with zero attached hydrogens (tertiary/aromatic N) is 1. The zero-order valence-electron chi connectivity index (χ0n) is 8.29. The smallest absolute Gasteiger partial charge is 0.305 e. The maximum atomic E-state index is 13.4. The number of ketones is 1. The van der Waals surface area contributed by atoms with Crippen molar-refractivity contribution in [2.24, 2.45) is 0 Å². The Balaban J connectivity index is 3.31. The third kappa shape index (κ3) is 2.19. The molecule has 0 amide bonds. The van der Waals surface area contributed by atoms with Gasteiger partial charge < -0.3 is 5.32 Å². The van der Waals surface area contributed by atoms with Crippen LogP contribution in [0.15, 0.2) is 12.1 Å². The van der Waals surface area contributed by atoms with Crippen LogP contribution in [-0.4, -0.2) is 24.3 Å². The molecule has 1 rings (SSSR count). The highest BCUT2D eigenvalue weighted by molar-refractivity contribution is 5.98. The highest BCUT2D eigenvalue weighted by Crippen LogP contribution is 2.23. The van der Waals surface area contributed by atoms with Crippen LogP contribution in [0.3, 0.4) is 0 Å². The largest absolute Gasteiger partial charge is 0.313 e. The molecule has 5 nitrogen and oxygen atoms in total. The first-order chi connectivity index (χ1) is 7.49. The molecule has 7 heteroatoms. The molecule has 0 saturated carbocycles. The van der Waals surface area contributed by atoms with Gasteiger partial charge in [-0.15, -0.1) is 0 Å². The maximum absolute atomic E-state index is 13.4. The number of nitrogens with one attached hydrogen (secondary N) is 1. The second-order valence-electron chi connectivity index (χ2n) is 2.97. The third-order valence-electron chi connectivity index (χ3n) is 1.88. The Morgan fingerprint density at radius 2 is 2.12 bits per heavy atom. The summed E-state index contributed by atoms with van der Waals surface area (Å²) >= 11 is 0. The molecule has 0 spiro atoms. The molecule has 0 saturated heterocycles. The Kier molecular flexibility index (Phi) is 3.62. The summed E-state index contributed by atoms with van der Waals surface area (Å²) in [5.41, 5.74) is -1.80. The summed E-state index contributed by atoms with van der Waals surface area (Å²) in [7, 11) is 1.42. The molecule has 0 aliphatic rings. The van der Waals surface area contributed by atoms with Gasteiger partial charge in [-0.2, -0.15) is 4.39 Å². The molecular weight excluding hydrogens is 222 g/mol. The molecule has 0 aliphatic heterocycles. The number of nitro benzene ring substituents is 1. The van der Waals surface area contributed by atoms with E-state index < -0.39 is 33.6 Å². The Labute approximate surface area is 89.2 Å². The number of halogens is 2. The Bertz CT molecular complexity index is 449. The molecule has 1 aromatic carbocycles. The Hall–Kier alpha value is -1.89. The predicted octanol–water partition coefficient (Wildman–Crippen LogP) is 1.28. The van der Waals surface area contributed by atoms with Gasteiger partial charge in [0.1, 0.15) is 5.82 Å². The quantitative estimate of drug-likeness (QED) is 0.480. The van der Waals surface area contributed by atoms with Gasteiger partial charge in [0.05, 0.1) is 17.0 Å². The lowest BCUT2D eigenvalue weighted by Crippen LogP contribution is -2.21. The van der Waals surface area contributed by atoms with E-state index >= 15 is 0 Å². The lowest BCUT2D eigenvalue weighted by Gasteiger charge is -2.03. The summed E-state index contributed by atoms with van der Waals surface area (Å²) in [6, 6.07) is 1.38. The van der Waals surface area contributed by atoms with Crippen LogP contribution in [-0.2, 0) is 0 Å². The lowest BCUT2D eigenvalue weighted by molar-refractivity contribution is -0.387. The molecule has 0 unspecified atom stereocenters. The van der Waals surface area contributed by atoms with Crippen LogP contribution in [0.1, 0.15) is 10.4 Å². The molecule has 0 radical (unpaired) electrons. The van der Waals surface area contributed by atoms with Gasteiger partial charge in [-0.25, -0.2) is 4.39 Å². The minimum atomic E-state index is -1.44. The first-order valence-electron chi connectivity index (χ1n) is 4.29. The molecule has 0 aromatic heterocycles. The number of rotatable bonds is 4. The van der Waals surface area contributed by atoms with Crippen molar-refractivity contribution in [3.8, 4) is 0 Å². The van der Waals surface area contributed by atoms with Crippen LogP contribution in [0.5, 0.6) is 0 Å². The number of carbonyl (C=O) groups excluding carboxylic acids is 1. The average molecular weight is 230 g/mol.